The highest BCUT2D eigenvalue weighted by atomic mass is 35.5. The molecule has 0 aromatic carbocycles. The van der Waals surface area contributed by atoms with Crippen LogP contribution in [-0.4, -0.2) is 45.4 Å². The number of rotatable bonds is 5. The Morgan fingerprint density at radius 2 is 2.41 bits per heavy atom. The number of nitrogens with zero attached hydrogens (tertiary/aromatic N) is 3. The van der Waals surface area contributed by atoms with Gasteiger partial charge in [0.25, 0.3) is 0 Å². The first-order chi connectivity index (χ1) is 8.31. The lowest BCUT2D eigenvalue weighted by Crippen LogP contribution is -2.25. The Hall–Kier alpha value is -0.100. The number of thioether (sulfide) groups is 1. The van der Waals surface area contributed by atoms with Crippen molar-refractivity contribution >= 4 is 40.7 Å². The van der Waals surface area contributed by atoms with Gasteiger partial charge >= 0.3 is 0 Å². The predicted octanol–water partition coefficient (Wildman–Crippen LogP) is 2.98. The molecule has 17 heavy (non-hydrogen) atoms. The standard InChI is InChI=1S/C11H16ClN3S2/c1-15-6-2-4-9(8-15)10-11(14-17-13-10)16-7-3-5-12/h4H,2-3,5-8H2,1H3. The summed E-state index contributed by atoms with van der Waals surface area (Å²) in [6, 6.07) is 0. The van der Waals surface area contributed by atoms with E-state index >= 15 is 0 Å². The monoisotopic (exact) mass is 289 g/mol. The first-order valence-electron chi connectivity index (χ1n) is 5.70. The van der Waals surface area contributed by atoms with Crippen molar-refractivity contribution in [3.05, 3.63) is 11.8 Å². The summed E-state index contributed by atoms with van der Waals surface area (Å²) in [5.74, 6) is 1.73. The van der Waals surface area contributed by atoms with Crippen molar-refractivity contribution in [1.29, 1.82) is 0 Å². The molecule has 0 saturated carbocycles. The highest BCUT2D eigenvalue weighted by molar-refractivity contribution is 7.99. The first-order valence-corrected chi connectivity index (χ1v) is 7.95. The van der Waals surface area contributed by atoms with Gasteiger partial charge in [-0.3, -0.25) is 0 Å². The molecule has 6 heteroatoms. The fraction of sp³-hybridized carbons (Fsp3) is 0.636. The SMILES string of the molecule is CN1CCC=C(c2nsnc2SCCCCl)C1. The van der Waals surface area contributed by atoms with Crippen LogP contribution in [0.3, 0.4) is 0 Å². The van der Waals surface area contributed by atoms with Crippen LogP contribution in [0.15, 0.2) is 11.1 Å². The zero-order valence-corrected chi connectivity index (χ0v) is 12.2. The summed E-state index contributed by atoms with van der Waals surface area (Å²) < 4.78 is 8.81. The molecule has 1 aromatic heterocycles. The molecular formula is C11H16ClN3S2. The van der Waals surface area contributed by atoms with Crippen molar-refractivity contribution in [3.63, 3.8) is 0 Å². The van der Waals surface area contributed by atoms with E-state index < -0.39 is 0 Å². The maximum atomic E-state index is 5.68. The van der Waals surface area contributed by atoms with Crippen LogP contribution in [0.4, 0.5) is 0 Å². The minimum atomic E-state index is 0.714. The fourth-order valence-corrected chi connectivity index (χ4v) is 3.70. The summed E-state index contributed by atoms with van der Waals surface area (Å²) in [5, 5.41) is 1.07. The number of hydrogen-bond donors (Lipinski definition) is 0. The second-order valence-corrected chi connectivity index (χ2v) is 6.05. The Labute approximate surface area is 116 Å². The van der Waals surface area contributed by atoms with E-state index in [0.717, 1.165) is 42.4 Å². The Morgan fingerprint density at radius 1 is 1.53 bits per heavy atom. The van der Waals surface area contributed by atoms with E-state index in [-0.39, 0.29) is 0 Å². The Kier molecular flexibility index (Phi) is 5.28. The summed E-state index contributed by atoms with van der Waals surface area (Å²) in [4.78, 5) is 2.32. The quantitative estimate of drug-likeness (QED) is 0.473. The average molecular weight is 290 g/mol. The van der Waals surface area contributed by atoms with Crippen molar-refractivity contribution in [2.45, 2.75) is 17.9 Å². The summed E-state index contributed by atoms with van der Waals surface area (Å²) >= 11 is 8.76. The molecule has 1 aliphatic heterocycles. The van der Waals surface area contributed by atoms with Crippen molar-refractivity contribution in [3.8, 4) is 0 Å². The van der Waals surface area contributed by atoms with Crippen LogP contribution in [-0.2, 0) is 0 Å². The summed E-state index contributed by atoms with van der Waals surface area (Å²) in [5.41, 5.74) is 2.40. The molecule has 0 saturated heterocycles. The minimum Gasteiger partial charge on any atom is -0.302 e. The molecule has 0 spiro atoms. The van der Waals surface area contributed by atoms with Gasteiger partial charge in [-0.2, -0.15) is 8.75 Å². The predicted molar refractivity (Wildman–Crippen MR) is 76.1 cm³/mol. The van der Waals surface area contributed by atoms with E-state index in [2.05, 4.69) is 26.8 Å². The Bertz CT molecular complexity index is 392. The van der Waals surface area contributed by atoms with Gasteiger partial charge in [0.05, 0.1) is 11.7 Å². The molecule has 2 heterocycles. The summed E-state index contributed by atoms with van der Waals surface area (Å²) in [6.07, 6.45) is 4.42. The van der Waals surface area contributed by atoms with Crippen LogP contribution in [0.5, 0.6) is 0 Å². The highest BCUT2D eigenvalue weighted by Crippen LogP contribution is 2.29. The lowest BCUT2D eigenvalue weighted by atomic mass is 10.1. The Balaban J connectivity index is 2.05. The number of alkyl halides is 1. The molecule has 0 atom stereocenters. The lowest BCUT2D eigenvalue weighted by Gasteiger charge is -2.22. The molecule has 0 radical (unpaired) electrons. The summed E-state index contributed by atoms with van der Waals surface area (Å²) in [7, 11) is 2.15. The van der Waals surface area contributed by atoms with Gasteiger partial charge in [0.15, 0.2) is 0 Å². The molecule has 3 nitrogen and oxygen atoms in total. The molecule has 0 unspecified atom stereocenters. The molecule has 2 rings (SSSR count). The van der Waals surface area contributed by atoms with Gasteiger partial charge in [-0.05, 0) is 25.5 Å². The Morgan fingerprint density at radius 3 is 3.18 bits per heavy atom. The smallest absolute Gasteiger partial charge is 0.138 e. The van der Waals surface area contributed by atoms with Gasteiger partial charge in [0.2, 0.25) is 0 Å². The summed E-state index contributed by atoms with van der Waals surface area (Å²) in [6.45, 7) is 2.12. The van der Waals surface area contributed by atoms with Gasteiger partial charge in [-0.1, -0.05) is 6.08 Å². The molecule has 0 N–H and O–H groups in total. The van der Waals surface area contributed by atoms with Crippen LogP contribution >= 0.6 is 35.1 Å². The number of aromatic nitrogens is 2. The molecule has 94 valence electrons. The lowest BCUT2D eigenvalue weighted by molar-refractivity contribution is 0.372. The topological polar surface area (TPSA) is 29.0 Å². The van der Waals surface area contributed by atoms with Crippen molar-refractivity contribution in [2.24, 2.45) is 0 Å². The van der Waals surface area contributed by atoms with E-state index in [1.54, 1.807) is 11.8 Å². The molecule has 0 bridgehead atoms. The van der Waals surface area contributed by atoms with Gasteiger partial charge in [-0.15, -0.1) is 23.4 Å². The zero-order valence-electron chi connectivity index (χ0n) is 9.86. The third-order valence-corrected chi connectivity index (χ3v) is 4.58. The van der Waals surface area contributed by atoms with Gasteiger partial charge in [0, 0.05) is 24.7 Å². The van der Waals surface area contributed by atoms with Crippen molar-refractivity contribution in [2.75, 3.05) is 31.8 Å². The molecule has 0 amide bonds. The maximum Gasteiger partial charge on any atom is 0.138 e. The van der Waals surface area contributed by atoms with E-state index in [9.17, 15) is 0 Å². The van der Waals surface area contributed by atoms with E-state index in [1.807, 2.05) is 0 Å². The van der Waals surface area contributed by atoms with Gasteiger partial charge in [0.1, 0.15) is 10.7 Å². The second-order valence-electron chi connectivity index (χ2n) is 4.06. The van der Waals surface area contributed by atoms with Crippen molar-refractivity contribution < 1.29 is 0 Å². The second kappa shape index (κ2) is 6.73. The molecular weight excluding hydrogens is 274 g/mol. The van der Waals surface area contributed by atoms with Crippen LogP contribution in [0.2, 0.25) is 0 Å². The molecule has 1 aliphatic rings. The highest BCUT2D eigenvalue weighted by Gasteiger charge is 2.17. The van der Waals surface area contributed by atoms with Crippen LogP contribution in [0, 0.1) is 0 Å². The average Bonchev–Trinajstić information content (AvgIpc) is 2.78. The van der Waals surface area contributed by atoms with Crippen LogP contribution in [0.25, 0.3) is 5.57 Å². The normalized spacial score (nSPS) is 17.2. The molecule has 1 aromatic rings. The van der Waals surface area contributed by atoms with E-state index in [4.69, 9.17) is 11.6 Å². The molecule has 0 aliphatic carbocycles. The van der Waals surface area contributed by atoms with E-state index in [0.29, 0.717) is 5.88 Å². The van der Waals surface area contributed by atoms with Crippen LogP contribution in [0.1, 0.15) is 18.5 Å². The third-order valence-electron chi connectivity index (χ3n) is 2.62. The molecule has 0 fully saturated rings. The number of likely N-dealkylation sites (N-methyl/N-ethyl adjacent to an activating group) is 1. The van der Waals surface area contributed by atoms with Gasteiger partial charge < -0.3 is 4.90 Å². The van der Waals surface area contributed by atoms with E-state index in [1.165, 1.54) is 17.3 Å². The maximum absolute atomic E-state index is 5.68. The zero-order chi connectivity index (χ0) is 12.1. The van der Waals surface area contributed by atoms with Gasteiger partial charge in [-0.25, -0.2) is 0 Å². The number of hydrogen-bond acceptors (Lipinski definition) is 5. The minimum absolute atomic E-state index is 0.714. The largest absolute Gasteiger partial charge is 0.302 e. The third kappa shape index (κ3) is 3.68. The fourth-order valence-electron chi connectivity index (χ4n) is 1.76. The van der Waals surface area contributed by atoms with Crippen molar-refractivity contribution in [1.82, 2.24) is 13.6 Å². The number of halogens is 1. The van der Waals surface area contributed by atoms with Crippen LogP contribution < -0.4 is 0 Å². The first kappa shape index (κ1) is 13.3.